The molecule has 0 aliphatic carbocycles. The zero-order chi connectivity index (χ0) is 46.8. The maximum absolute atomic E-state index is 13.2. The summed E-state index contributed by atoms with van der Waals surface area (Å²) in [6, 6.07) is 30.7. The van der Waals surface area contributed by atoms with Gasteiger partial charge in [-0.3, -0.25) is 0 Å². The average molecular weight is 907 g/mol. The van der Waals surface area contributed by atoms with E-state index in [0.29, 0.717) is 44.5 Å². The van der Waals surface area contributed by atoms with Gasteiger partial charge in [0.1, 0.15) is 0 Å². The minimum absolute atomic E-state index is 0.512. The number of fused-ring (bicyclic) bond motifs is 8. The van der Waals surface area contributed by atoms with Gasteiger partial charge in [-0.05, 0) is 173 Å². The molecule has 0 aliphatic heterocycles. The van der Waals surface area contributed by atoms with Crippen molar-refractivity contribution in [3.63, 3.8) is 0 Å². The third kappa shape index (κ3) is 8.87. The molecule has 12 heteroatoms. The van der Waals surface area contributed by atoms with Crippen molar-refractivity contribution < 1.29 is 52.7 Å². The molecule has 0 aromatic heterocycles. The normalized spacial score (nSPS) is 13.5. The largest absolute Gasteiger partial charge is 0.416 e. The maximum Gasteiger partial charge on any atom is 0.416 e. The van der Waals surface area contributed by atoms with Crippen LogP contribution in [0.4, 0.5) is 52.7 Å². The van der Waals surface area contributed by atoms with Crippen molar-refractivity contribution in [3.8, 4) is 0 Å². The van der Waals surface area contributed by atoms with Crippen LogP contribution in [0.25, 0.3) is 91.7 Å². The van der Waals surface area contributed by atoms with E-state index in [-0.39, 0.29) is 0 Å². The Bertz CT molecular complexity index is 2890. The van der Waals surface area contributed by atoms with Crippen molar-refractivity contribution in [2.45, 2.75) is 24.7 Å². The Balaban J connectivity index is 1.13. The molecule has 0 N–H and O–H groups in total. The Morgan fingerprint density at radius 3 is 0.545 bits per heavy atom. The third-order valence-electron chi connectivity index (χ3n) is 11.5. The van der Waals surface area contributed by atoms with Crippen molar-refractivity contribution in [1.29, 1.82) is 0 Å². The Morgan fingerprint density at radius 2 is 0.379 bits per heavy atom. The standard InChI is InChI=1S/C54H30F12/c55-51(56,57)39-17-5-31(6-18-39)1-13-35-25-43-44(26-36(35)14-2-32-7-19-40(20-8-32)52(58,59)60)48-30-50-46-28-38(16-4-34-11-23-42(24-12-34)54(64,65)66)37(27-45(46)49(50)29-47(43)48)15-3-33-9-21-41(22-10-33)53(61,62)63/h1-30H. The molecule has 330 valence electrons. The lowest BCUT2D eigenvalue weighted by molar-refractivity contribution is -0.138. The third-order valence-corrected chi connectivity index (χ3v) is 11.5. The first-order valence-electron chi connectivity index (χ1n) is 20.2. The van der Waals surface area contributed by atoms with Crippen LogP contribution in [0.1, 0.15) is 66.8 Å². The summed E-state index contributed by atoms with van der Waals surface area (Å²) >= 11 is 0. The number of rotatable bonds is 8. The summed E-state index contributed by atoms with van der Waals surface area (Å²) in [5, 5.41) is 7.35. The van der Waals surface area contributed by atoms with E-state index in [4.69, 9.17) is 0 Å². The molecule has 66 heavy (non-hydrogen) atoms. The van der Waals surface area contributed by atoms with Crippen LogP contribution in [0.15, 0.2) is 133 Å². The van der Waals surface area contributed by atoms with Crippen LogP contribution in [-0.4, -0.2) is 0 Å². The van der Waals surface area contributed by atoms with E-state index in [1.807, 2.05) is 24.3 Å². The van der Waals surface area contributed by atoms with Gasteiger partial charge in [-0.15, -0.1) is 0 Å². The van der Waals surface area contributed by atoms with Crippen molar-refractivity contribution in [3.05, 3.63) is 200 Å². The molecule has 0 saturated heterocycles. The molecule has 0 bridgehead atoms. The Morgan fingerprint density at radius 1 is 0.212 bits per heavy atom. The quantitative estimate of drug-likeness (QED) is 0.105. The molecular weight excluding hydrogens is 877 g/mol. The minimum atomic E-state index is -4.50. The second kappa shape index (κ2) is 16.3. The van der Waals surface area contributed by atoms with Crippen molar-refractivity contribution in [2.24, 2.45) is 0 Å². The molecule has 9 aromatic carbocycles. The molecule has 0 radical (unpaired) electrons. The molecule has 0 atom stereocenters. The summed E-state index contributed by atoms with van der Waals surface area (Å²) in [6.07, 6.45) is -4.25. The van der Waals surface area contributed by atoms with Crippen LogP contribution in [0.5, 0.6) is 0 Å². The molecule has 0 amide bonds. The van der Waals surface area contributed by atoms with E-state index in [1.54, 1.807) is 48.6 Å². The van der Waals surface area contributed by atoms with Gasteiger partial charge in [0.05, 0.1) is 22.3 Å². The smallest absolute Gasteiger partial charge is 0.166 e. The summed E-state index contributed by atoms with van der Waals surface area (Å²) in [4.78, 5) is 0. The van der Waals surface area contributed by atoms with E-state index in [1.165, 1.54) is 48.5 Å². The van der Waals surface area contributed by atoms with Crippen molar-refractivity contribution in [2.75, 3.05) is 0 Å². The fraction of sp³-hybridized carbons (Fsp3) is 0.0741. The second-order valence-electron chi connectivity index (χ2n) is 15.8. The topological polar surface area (TPSA) is 0 Å². The molecule has 0 fully saturated rings. The van der Waals surface area contributed by atoms with Gasteiger partial charge in [-0.2, -0.15) is 52.7 Å². The molecule has 0 aliphatic rings. The summed E-state index contributed by atoms with van der Waals surface area (Å²) in [5.74, 6) is 0. The lowest BCUT2D eigenvalue weighted by Crippen LogP contribution is -2.03. The van der Waals surface area contributed by atoms with E-state index < -0.39 is 47.0 Å². The van der Waals surface area contributed by atoms with Gasteiger partial charge >= 0.3 is 24.7 Å². The highest BCUT2D eigenvalue weighted by Crippen LogP contribution is 2.46. The highest BCUT2D eigenvalue weighted by Gasteiger charge is 2.32. The van der Waals surface area contributed by atoms with E-state index >= 15 is 0 Å². The molecule has 0 unspecified atom stereocenters. The molecular formula is C54H30F12. The van der Waals surface area contributed by atoms with Gasteiger partial charge in [0.15, 0.2) is 0 Å². The van der Waals surface area contributed by atoms with Gasteiger partial charge in [0.25, 0.3) is 0 Å². The second-order valence-corrected chi connectivity index (χ2v) is 15.8. The molecule has 0 heterocycles. The Kier molecular flexibility index (Phi) is 10.8. The van der Waals surface area contributed by atoms with Crippen molar-refractivity contribution in [1.82, 2.24) is 0 Å². The highest BCUT2D eigenvalue weighted by molar-refractivity contribution is 6.35. The first-order valence-corrected chi connectivity index (χ1v) is 20.2. The van der Waals surface area contributed by atoms with Gasteiger partial charge in [-0.25, -0.2) is 0 Å². The first-order chi connectivity index (χ1) is 31.2. The zero-order valence-corrected chi connectivity index (χ0v) is 33.9. The van der Waals surface area contributed by atoms with Crippen LogP contribution in [0.2, 0.25) is 0 Å². The average Bonchev–Trinajstić information content (AvgIpc) is 3.26. The number of halogens is 12. The number of alkyl halides is 12. The monoisotopic (exact) mass is 906 g/mol. The zero-order valence-electron chi connectivity index (χ0n) is 33.9. The predicted molar refractivity (Wildman–Crippen MR) is 240 cm³/mol. The van der Waals surface area contributed by atoms with Crippen LogP contribution >= 0.6 is 0 Å². The SMILES string of the molecule is FC(F)(F)c1ccc(C=Cc2cc3c(cc2C=Cc2ccc(C(F)(F)F)cc2)c2cc4c5cc(C=Cc6ccc(C(F)(F)F)cc6)c(C=Cc6ccc(C(F)(F)F)cc6)cc5c4cc32)cc1. The molecule has 0 saturated carbocycles. The fourth-order valence-corrected chi connectivity index (χ4v) is 7.98. The van der Waals surface area contributed by atoms with Crippen molar-refractivity contribution >= 4 is 91.7 Å². The summed E-state index contributed by atoms with van der Waals surface area (Å²) in [7, 11) is 0. The Labute approximate surface area is 368 Å². The lowest BCUT2D eigenvalue weighted by atomic mass is 9.83. The van der Waals surface area contributed by atoms with Crippen LogP contribution in [-0.2, 0) is 24.7 Å². The molecule has 0 nitrogen and oxygen atoms in total. The lowest BCUT2D eigenvalue weighted by Gasteiger charge is -2.20. The number of hydrogen-bond donors (Lipinski definition) is 0. The van der Waals surface area contributed by atoms with Crippen LogP contribution in [0, 0.1) is 0 Å². The van der Waals surface area contributed by atoms with Gasteiger partial charge in [0, 0.05) is 0 Å². The number of benzene rings is 7. The first kappa shape index (κ1) is 43.9. The Hall–Kier alpha value is -7.34. The highest BCUT2D eigenvalue weighted by atomic mass is 19.4. The maximum atomic E-state index is 13.2. The summed E-state index contributed by atoms with van der Waals surface area (Å²) in [5.41, 5.74) is 1.70. The number of hydrogen-bond acceptors (Lipinski definition) is 0. The fourth-order valence-electron chi connectivity index (χ4n) is 7.98. The van der Waals surface area contributed by atoms with Gasteiger partial charge in [-0.1, -0.05) is 97.1 Å². The molecule has 9 aromatic rings. The van der Waals surface area contributed by atoms with Crippen LogP contribution in [0.3, 0.4) is 0 Å². The summed E-state index contributed by atoms with van der Waals surface area (Å²) < 4.78 is 159. The van der Waals surface area contributed by atoms with Crippen LogP contribution < -0.4 is 0 Å². The molecule has 0 spiro atoms. The van der Waals surface area contributed by atoms with E-state index in [0.717, 1.165) is 91.6 Å². The predicted octanol–water partition coefficient (Wildman–Crippen LogP) is 17.9. The van der Waals surface area contributed by atoms with Gasteiger partial charge < -0.3 is 0 Å². The molecule has 9 rings (SSSR count). The summed E-state index contributed by atoms with van der Waals surface area (Å²) in [6.45, 7) is 0. The van der Waals surface area contributed by atoms with Gasteiger partial charge in [0.2, 0.25) is 0 Å². The van der Waals surface area contributed by atoms with E-state index in [2.05, 4.69) is 12.1 Å². The minimum Gasteiger partial charge on any atom is -0.166 e. The van der Waals surface area contributed by atoms with E-state index in [9.17, 15) is 52.7 Å².